The molecule has 6 heteroatoms. The van der Waals surface area contributed by atoms with Crippen LogP contribution >= 0.6 is 11.3 Å². The van der Waals surface area contributed by atoms with E-state index >= 15 is 0 Å². The molecular formula is C16H19N3O2S. The minimum absolute atomic E-state index is 0.0190. The number of carbonyl (C=O) groups is 1. The fourth-order valence-corrected chi connectivity index (χ4v) is 3.20. The van der Waals surface area contributed by atoms with Crippen molar-refractivity contribution in [1.29, 1.82) is 0 Å². The Morgan fingerprint density at radius 1 is 1.45 bits per heavy atom. The maximum Gasteiger partial charge on any atom is 0.254 e. The molecule has 116 valence electrons. The summed E-state index contributed by atoms with van der Waals surface area (Å²) < 4.78 is 6.07. The van der Waals surface area contributed by atoms with E-state index in [9.17, 15) is 4.79 Å². The third-order valence-corrected chi connectivity index (χ3v) is 4.35. The van der Waals surface area contributed by atoms with Gasteiger partial charge in [-0.15, -0.1) is 0 Å². The molecule has 3 heterocycles. The van der Waals surface area contributed by atoms with Gasteiger partial charge in [-0.05, 0) is 23.6 Å². The summed E-state index contributed by atoms with van der Waals surface area (Å²) in [7, 11) is 3.88. The Morgan fingerprint density at radius 3 is 3.05 bits per heavy atom. The molecule has 0 unspecified atom stereocenters. The van der Waals surface area contributed by atoms with Gasteiger partial charge < -0.3 is 14.5 Å². The summed E-state index contributed by atoms with van der Waals surface area (Å²) in [5.41, 5.74) is 0.765. The Labute approximate surface area is 134 Å². The molecule has 22 heavy (non-hydrogen) atoms. The van der Waals surface area contributed by atoms with Crippen LogP contribution in [0.2, 0.25) is 0 Å². The fraction of sp³-hybridized carbons (Fsp3) is 0.375. The van der Waals surface area contributed by atoms with Crippen LogP contribution in [0, 0.1) is 0 Å². The lowest BCUT2D eigenvalue weighted by Gasteiger charge is -2.20. The molecule has 0 radical (unpaired) electrons. The molecule has 1 aliphatic heterocycles. The predicted octanol–water partition coefficient (Wildman–Crippen LogP) is 2.50. The van der Waals surface area contributed by atoms with Gasteiger partial charge in [-0.2, -0.15) is 11.3 Å². The second kappa shape index (κ2) is 6.36. The minimum Gasteiger partial charge on any atom is -0.485 e. The zero-order valence-electron chi connectivity index (χ0n) is 12.7. The Bertz CT molecular complexity index is 643. The molecule has 1 saturated heterocycles. The maximum absolute atomic E-state index is 12.3. The van der Waals surface area contributed by atoms with E-state index in [1.165, 1.54) is 0 Å². The van der Waals surface area contributed by atoms with E-state index in [1.807, 2.05) is 52.9 Å². The number of nitrogens with zero attached hydrogens (tertiary/aromatic N) is 3. The van der Waals surface area contributed by atoms with Gasteiger partial charge in [0.05, 0.1) is 12.1 Å². The SMILES string of the molecule is CN(C)c1ncccc1O[C@@H]1CCN(C(=O)c2ccsc2)C1. The molecular weight excluding hydrogens is 298 g/mol. The number of aromatic nitrogens is 1. The van der Waals surface area contributed by atoms with Gasteiger partial charge in [-0.1, -0.05) is 0 Å². The number of ether oxygens (including phenoxy) is 1. The highest BCUT2D eigenvalue weighted by Gasteiger charge is 2.29. The van der Waals surface area contributed by atoms with Crippen LogP contribution in [0.3, 0.4) is 0 Å². The summed E-state index contributed by atoms with van der Waals surface area (Å²) in [4.78, 5) is 20.5. The Hall–Kier alpha value is -2.08. The lowest BCUT2D eigenvalue weighted by atomic mass is 10.3. The maximum atomic E-state index is 12.3. The fourth-order valence-electron chi connectivity index (χ4n) is 2.57. The monoisotopic (exact) mass is 317 g/mol. The summed E-state index contributed by atoms with van der Waals surface area (Å²) in [5, 5.41) is 3.82. The first-order chi connectivity index (χ1) is 10.6. The first-order valence-electron chi connectivity index (χ1n) is 7.25. The number of hydrogen-bond acceptors (Lipinski definition) is 5. The van der Waals surface area contributed by atoms with Crippen molar-refractivity contribution in [2.24, 2.45) is 0 Å². The first-order valence-corrected chi connectivity index (χ1v) is 8.20. The highest BCUT2D eigenvalue weighted by molar-refractivity contribution is 7.08. The normalized spacial score (nSPS) is 17.5. The highest BCUT2D eigenvalue weighted by atomic mass is 32.1. The molecule has 0 N–H and O–H groups in total. The van der Waals surface area contributed by atoms with E-state index in [4.69, 9.17) is 4.74 Å². The lowest BCUT2D eigenvalue weighted by molar-refractivity contribution is 0.0773. The van der Waals surface area contributed by atoms with E-state index in [0.29, 0.717) is 6.54 Å². The lowest BCUT2D eigenvalue weighted by Crippen LogP contribution is -2.30. The number of pyridine rings is 1. The standard InChI is InChI=1S/C16H19N3O2S/c1-18(2)15-14(4-3-7-17-15)21-13-5-8-19(10-13)16(20)12-6-9-22-11-12/h3-4,6-7,9,11,13H,5,8,10H2,1-2H3/t13-/m1/s1. The molecule has 0 saturated carbocycles. The minimum atomic E-state index is 0.0190. The van der Waals surface area contributed by atoms with Crippen molar-refractivity contribution in [1.82, 2.24) is 9.88 Å². The van der Waals surface area contributed by atoms with E-state index in [1.54, 1.807) is 17.5 Å². The smallest absolute Gasteiger partial charge is 0.254 e. The quantitative estimate of drug-likeness (QED) is 0.869. The van der Waals surface area contributed by atoms with Gasteiger partial charge >= 0.3 is 0 Å². The Morgan fingerprint density at radius 2 is 2.32 bits per heavy atom. The molecule has 1 aliphatic rings. The summed E-state index contributed by atoms with van der Waals surface area (Å²) >= 11 is 1.54. The van der Waals surface area contributed by atoms with Gasteiger partial charge in [0.1, 0.15) is 6.10 Å². The van der Waals surface area contributed by atoms with Gasteiger partial charge in [0.25, 0.3) is 5.91 Å². The van der Waals surface area contributed by atoms with Gasteiger partial charge in [-0.3, -0.25) is 4.79 Å². The molecule has 0 bridgehead atoms. The van der Waals surface area contributed by atoms with Gasteiger partial charge in [0.15, 0.2) is 11.6 Å². The average Bonchev–Trinajstić information content (AvgIpc) is 3.18. The van der Waals surface area contributed by atoms with Crippen molar-refractivity contribution >= 4 is 23.1 Å². The largest absolute Gasteiger partial charge is 0.485 e. The summed E-state index contributed by atoms with van der Waals surface area (Å²) in [6.45, 7) is 1.35. The number of hydrogen-bond donors (Lipinski definition) is 0. The zero-order chi connectivity index (χ0) is 15.5. The summed E-state index contributed by atoms with van der Waals surface area (Å²) in [6.07, 6.45) is 2.62. The zero-order valence-corrected chi connectivity index (χ0v) is 13.5. The van der Waals surface area contributed by atoms with E-state index in [0.717, 1.165) is 30.1 Å². The topological polar surface area (TPSA) is 45.7 Å². The van der Waals surface area contributed by atoms with Crippen LogP contribution < -0.4 is 9.64 Å². The number of likely N-dealkylation sites (tertiary alicyclic amines) is 1. The molecule has 3 rings (SSSR count). The molecule has 1 amide bonds. The van der Waals surface area contributed by atoms with Crippen LogP contribution in [-0.2, 0) is 0 Å². The van der Waals surface area contributed by atoms with Crippen LogP contribution in [0.5, 0.6) is 5.75 Å². The molecule has 2 aromatic heterocycles. The predicted molar refractivity (Wildman–Crippen MR) is 87.8 cm³/mol. The second-order valence-electron chi connectivity index (χ2n) is 5.51. The molecule has 1 fully saturated rings. The average molecular weight is 317 g/mol. The van der Waals surface area contributed by atoms with Gasteiger partial charge in [0.2, 0.25) is 0 Å². The van der Waals surface area contributed by atoms with E-state index in [2.05, 4.69) is 4.98 Å². The van der Waals surface area contributed by atoms with Crippen LogP contribution in [0.25, 0.3) is 0 Å². The molecule has 0 aromatic carbocycles. The van der Waals surface area contributed by atoms with Crippen LogP contribution in [0.15, 0.2) is 35.2 Å². The number of rotatable bonds is 4. The number of carbonyl (C=O) groups excluding carboxylic acids is 1. The van der Waals surface area contributed by atoms with E-state index in [-0.39, 0.29) is 12.0 Å². The van der Waals surface area contributed by atoms with Crippen molar-refractivity contribution in [2.75, 3.05) is 32.1 Å². The van der Waals surface area contributed by atoms with Crippen molar-refractivity contribution in [2.45, 2.75) is 12.5 Å². The molecule has 2 aromatic rings. The first kappa shape index (κ1) is 14.8. The molecule has 1 atom stereocenters. The van der Waals surface area contributed by atoms with Crippen LogP contribution in [-0.4, -0.2) is 49.1 Å². The number of anilines is 1. The Balaban J connectivity index is 1.65. The third-order valence-electron chi connectivity index (χ3n) is 3.67. The van der Waals surface area contributed by atoms with Gasteiger partial charge in [0, 0.05) is 38.6 Å². The Kier molecular flexibility index (Phi) is 4.29. The van der Waals surface area contributed by atoms with E-state index < -0.39 is 0 Å². The number of amides is 1. The number of thiophene rings is 1. The van der Waals surface area contributed by atoms with Crippen LogP contribution in [0.1, 0.15) is 16.8 Å². The van der Waals surface area contributed by atoms with Crippen molar-refractivity contribution in [3.63, 3.8) is 0 Å². The van der Waals surface area contributed by atoms with Crippen molar-refractivity contribution < 1.29 is 9.53 Å². The molecule has 0 spiro atoms. The van der Waals surface area contributed by atoms with Crippen molar-refractivity contribution in [3.8, 4) is 5.75 Å². The summed E-state index contributed by atoms with van der Waals surface area (Å²) in [6, 6.07) is 5.66. The van der Waals surface area contributed by atoms with Crippen molar-refractivity contribution in [3.05, 3.63) is 40.7 Å². The van der Waals surface area contributed by atoms with Gasteiger partial charge in [-0.25, -0.2) is 4.98 Å². The van der Waals surface area contributed by atoms with Crippen LogP contribution in [0.4, 0.5) is 5.82 Å². The molecule has 0 aliphatic carbocycles. The second-order valence-corrected chi connectivity index (χ2v) is 6.29. The highest BCUT2D eigenvalue weighted by Crippen LogP contribution is 2.27. The third kappa shape index (κ3) is 3.06. The molecule has 5 nitrogen and oxygen atoms in total. The summed E-state index contributed by atoms with van der Waals surface area (Å²) in [5.74, 6) is 1.67.